The van der Waals surface area contributed by atoms with Crippen LogP contribution in [-0.2, 0) is 11.3 Å². The van der Waals surface area contributed by atoms with E-state index in [2.05, 4.69) is 4.90 Å². The first-order valence-corrected chi connectivity index (χ1v) is 11.2. The third kappa shape index (κ3) is 6.12. The van der Waals surface area contributed by atoms with Crippen LogP contribution in [0.1, 0.15) is 15.9 Å². The van der Waals surface area contributed by atoms with Gasteiger partial charge in [0.1, 0.15) is 5.75 Å². The van der Waals surface area contributed by atoms with E-state index < -0.39 is 5.97 Å². The Morgan fingerprint density at radius 1 is 0.818 bits per heavy atom. The van der Waals surface area contributed by atoms with Gasteiger partial charge < -0.3 is 14.7 Å². The highest BCUT2D eigenvalue weighted by Crippen LogP contribution is 2.23. The molecule has 1 aliphatic rings. The van der Waals surface area contributed by atoms with Crippen molar-refractivity contribution < 1.29 is 19.4 Å². The Labute approximate surface area is 198 Å². The van der Waals surface area contributed by atoms with E-state index in [1.54, 1.807) is 24.3 Å². The number of aromatic carboxylic acids is 1. The molecular formula is C26H25ClN2O4. The van der Waals surface area contributed by atoms with Crippen molar-refractivity contribution in [2.75, 3.05) is 32.8 Å². The topological polar surface area (TPSA) is 70.1 Å². The van der Waals surface area contributed by atoms with E-state index in [1.807, 2.05) is 53.4 Å². The minimum Gasteiger partial charge on any atom is -0.484 e. The molecule has 0 unspecified atom stereocenters. The molecule has 1 aliphatic heterocycles. The van der Waals surface area contributed by atoms with Gasteiger partial charge in [-0.2, -0.15) is 0 Å². The van der Waals surface area contributed by atoms with Crippen LogP contribution in [0, 0.1) is 0 Å². The molecule has 1 amide bonds. The minimum absolute atomic E-state index is 0.00381. The maximum atomic E-state index is 12.6. The Kier molecular flexibility index (Phi) is 7.27. The summed E-state index contributed by atoms with van der Waals surface area (Å²) in [4.78, 5) is 27.7. The van der Waals surface area contributed by atoms with Crippen LogP contribution in [0.25, 0.3) is 11.1 Å². The molecular weight excluding hydrogens is 440 g/mol. The Bertz CT molecular complexity index is 1090. The Morgan fingerprint density at radius 3 is 1.97 bits per heavy atom. The standard InChI is InChI=1S/C26H25ClN2O4/c27-23-9-1-19(2-10-23)17-28-13-15-29(16-14-28)25(30)18-33-24-11-7-21(8-12-24)20-3-5-22(6-4-20)26(31)32/h1-12H,13-18H2,(H,31,32). The van der Waals surface area contributed by atoms with E-state index in [0.717, 1.165) is 35.8 Å². The van der Waals surface area contributed by atoms with E-state index in [1.165, 1.54) is 5.56 Å². The summed E-state index contributed by atoms with van der Waals surface area (Å²) in [7, 11) is 0. The highest BCUT2D eigenvalue weighted by atomic mass is 35.5. The highest BCUT2D eigenvalue weighted by molar-refractivity contribution is 6.30. The van der Waals surface area contributed by atoms with Crippen LogP contribution in [0.5, 0.6) is 5.75 Å². The molecule has 0 aliphatic carbocycles. The van der Waals surface area contributed by atoms with Crippen molar-refractivity contribution in [3.63, 3.8) is 0 Å². The number of rotatable bonds is 7. The first kappa shape index (κ1) is 22.8. The van der Waals surface area contributed by atoms with Gasteiger partial charge in [0.15, 0.2) is 6.61 Å². The van der Waals surface area contributed by atoms with Crippen LogP contribution in [0.2, 0.25) is 5.02 Å². The first-order chi connectivity index (χ1) is 16.0. The molecule has 0 aromatic heterocycles. The second kappa shape index (κ2) is 10.5. The zero-order valence-corrected chi connectivity index (χ0v) is 18.9. The van der Waals surface area contributed by atoms with E-state index in [0.29, 0.717) is 18.8 Å². The Hall–Kier alpha value is -3.35. The number of hydrogen-bond acceptors (Lipinski definition) is 4. The first-order valence-electron chi connectivity index (χ1n) is 10.8. The molecule has 1 N–H and O–H groups in total. The van der Waals surface area contributed by atoms with Crippen LogP contribution >= 0.6 is 11.6 Å². The SMILES string of the molecule is O=C(O)c1ccc(-c2ccc(OCC(=O)N3CCN(Cc4ccc(Cl)cc4)CC3)cc2)cc1. The van der Waals surface area contributed by atoms with Crippen molar-refractivity contribution in [3.8, 4) is 16.9 Å². The molecule has 0 radical (unpaired) electrons. The molecule has 3 aromatic rings. The van der Waals surface area contributed by atoms with E-state index in [-0.39, 0.29) is 18.1 Å². The number of carbonyl (C=O) groups excluding carboxylic acids is 1. The second-order valence-corrected chi connectivity index (χ2v) is 8.42. The molecule has 4 rings (SSSR count). The zero-order chi connectivity index (χ0) is 23.2. The van der Waals surface area contributed by atoms with Crippen molar-refractivity contribution in [3.05, 3.63) is 88.9 Å². The van der Waals surface area contributed by atoms with Gasteiger partial charge in [0.25, 0.3) is 5.91 Å². The van der Waals surface area contributed by atoms with Gasteiger partial charge in [-0.05, 0) is 53.1 Å². The van der Waals surface area contributed by atoms with Gasteiger partial charge in [-0.1, -0.05) is 48.0 Å². The monoisotopic (exact) mass is 464 g/mol. The van der Waals surface area contributed by atoms with Crippen molar-refractivity contribution in [2.45, 2.75) is 6.54 Å². The molecule has 6 nitrogen and oxygen atoms in total. The van der Waals surface area contributed by atoms with Gasteiger partial charge in [-0.3, -0.25) is 9.69 Å². The lowest BCUT2D eigenvalue weighted by molar-refractivity contribution is -0.135. The van der Waals surface area contributed by atoms with Gasteiger partial charge in [-0.25, -0.2) is 4.79 Å². The molecule has 0 atom stereocenters. The fourth-order valence-corrected chi connectivity index (χ4v) is 3.91. The number of ether oxygens (including phenoxy) is 1. The third-order valence-corrected chi connectivity index (χ3v) is 5.98. The van der Waals surface area contributed by atoms with Crippen LogP contribution in [0.15, 0.2) is 72.8 Å². The predicted octanol–water partition coefficient (Wildman–Crippen LogP) is 4.43. The Morgan fingerprint density at radius 2 is 1.39 bits per heavy atom. The number of carboxylic acids is 1. The normalized spacial score (nSPS) is 14.2. The van der Waals surface area contributed by atoms with E-state index in [4.69, 9.17) is 21.4 Å². The maximum Gasteiger partial charge on any atom is 0.335 e. The number of amides is 1. The summed E-state index contributed by atoms with van der Waals surface area (Å²) in [5.41, 5.74) is 3.33. The smallest absolute Gasteiger partial charge is 0.335 e. The van der Waals surface area contributed by atoms with Gasteiger partial charge in [0.05, 0.1) is 5.56 Å². The summed E-state index contributed by atoms with van der Waals surface area (Å²) in [5, 5.41) is 9.74. The molecule has 170 valence electrons. The average molecular weight is 465 g/mol. The maximum absolute atomic E-state index is 12.6. The van der Waals surface area contributed by atoms with Gasteiger partial charge >= 0.3 is 5.97 Å². The fourth-order valence-electron chi connectivity index (χ4n) is 3.79. The van der Waals surface area contributed by atoms with Crippen molar-refractivity contribution >= 4 is 23.5 Å². The lowest BCUT2D eigenvalue weighted by atomic mass is 10.0. The number of piperazine rings is 1. The van der Waals surface area contributed by atoms with E-state index in [9.17, 15) is 9.59 Å². The minimum atomic E-state index is -0.946. The molecule has 7 heteroatoms. The van der Waals surface area contributed by atoms with E-state index >= 15 is 0 Å². The number of benzene rings is 3. The highest BCUT2D eigenvalue weighted by Gasteiger charge is 2.21. The Balaban J connectivity index is 1.23. The van der Waals surface area contributed by atoms with Gasteiger partial charge in [0.2, 0.25) is 0 Å². The fraction of sp³-hybridized carbons (Fsp3) is 0.231. The molecule has 33 heavy (non-hydrogen) atoms. The summed E-state index contributed by atoms with van der Waals surface area (Å²) in [5.74, 6) is -0.344. The molecule has 1 heterocycles. The summed E-state index contributed by atoms with van der Waals surface area (Å²) < 4.78 is 5.70. The zero-order valence-electron chi connectivity index (χ0n) is 18.1. The predicted molar refractivity (Wildman–Crippen MR) is 128 cm³/mol. The third-order valence-electron chi connectivity index (χ3n) is 5.73. The number of nitrogens with zero attached hydrogens (tertiary/aromatic N) is 2. The average Bonchev–Trinajstić information content (AvgIpc) is 2.85. The van der Waals surface area contributed by atoms with Crippen LogP contribution in [0.4, 0.5) is 0 Å². The molecule has 3 aromatic carbocycles. The lowest BCUT2D eigenvalue weighted by Crippen LogP contribution is -2.49. The molecule has 1 saturated heterocycles. The number of halogens is 1. The molecule has 1 fully saturated rings. The number of carbonyl (C=O) groups is 2. The van der Waals surface area contributed by atoms with Crippen LogP contribution < -0.4 is 4.74 Å². The van der Waals surface area contributed by atoms with Gasteiger partial charge in [-0.15, -0.1) is 0 Å². The quantitative estimate of drug-likeness (QED) is 0.560. The van der Waals surface area contributed by atoms with Crippen LogP contribution in [0.3, 0.4) is 0 Å². The summed E-state index contributed by atoms with van der Waals surface area (Å²) in [6.07, 6.45) is 0. The largest absolute Gasteiger partial charge is 0.484 e. The number of carboxylic acid groups (broad SMARTS) is 1. The summed E-state index contributed by atoms with van der Waals surface area (Å²) in [6.45, 7) is 3.86. The van der Waals surface area contributed by atoms with Crippen molar-refractivity contribution in [1.29, 1.82) is 0 Å². The number of hydrogen-bond donors (Lipinski definition) is 1. The molecule has 0 saturated carbocycles. The lowest BCUT2D eigenvalue weighted by Gasteiger charge is -2.34. The summed E-state index contributed by atoms with van der Waals surface area (Å²) in [6, 6.07) is 22.0. The van der Waals surface area contributed by atoms with Crippen LogP contribution in [-0.4, -0.2) is 59.6 Å². The molecule has 0 bridgehead atoms. The van der Waals surface area contributed by atoms with Crippen molar-refractivity contribution in [1.82, 2.24) is 9.80 Å². The summed E-state index contributed by atoms with van der Waals surface area (Å²) >= 11 is 5.95. The van der Waals surface area contributed by atoms with Crippen molar-refractivity contribution in [2.24, 2.45) is 0 Å². The molecule has 0 spiro atoms. The second-order valence-electron chi connectivity index (χ2n) is 7.98. The van der Waals surface area contributed by atoms with Gasteiger partial charge in [0, 0.05) is 37.7 Å².